The van der Waals surface area contributed by atoms with Gasteiger partial charge in [0.15, 0.2) is 0 Å². The molecule has 0 spiro atoms. The molecule has 2 rings (SSSR count). The quantitative estimate of drug-likeness (QED) is 0.822. The lowest BCUT2D eigenvalue weighted by Gasteiger charge is -2.21. The van der Waals surface area contributed by atoms with Crippen molar-refractivity contribution in [1.82, 2.24) is 0 Å². The molecule has 1 aliphatic carbocycles. The minimum Gasteiger partial charge on any atom is -0.496 e. The summed E-state index contributed by atoms with van der Waals surface area (Å²) in [5.41, 5.74) is 8.79. The van der Waals surface area contributed by atoms with E-state index >= 15 is 0 Å². The van der Waals surface area contributed by atoms with Crippen LogP contribution in [0.3, 0.4) is 0 Å². The van der Waals surface area contributed by atoms with E-state index in [4.69, 9.17) is 10.5 Å². The topological polar surface area (TPSA) is 35.2 Å². The lowest BCUT2D eigenvalue weighted by Crippen LogP contribution is -2.31. The highest BCUT2D eigenvalue weighted by Crippen LogP contribution is 2.51. The Balaban J connectivity index is 2.38. The number of benzene rings is 1. The summed E-state index contributed by atoms with van der Waals surface area (Å²) in [6, 6.07) is 6.68. The average molecular weight is 205 g/mol. The molecule has 1 aromatic rings. The van der Waals surface area contributed by atoms with Crippen molar-refractivity contribution in [3.63, 3.8) is 0 Å². The van der Waals surface area contributed by atoms with Crippen LogP contribution in [0.5, 0.6) is 5.75 Å². The van der Waals surface area contributed by atoms with Gasteiger partial charge in [-0.25, -0.2) is 0 Å². The summed E-state index contributed by atoms with van der Waals surface area (Å²) in [6.07, 6.45) is 2.41. The molecule has 15 heavy (non-hydrogen) atoms. The highest BCUT2D eigenvalue weighted by atomic mass is 16.5. The molecule has 0 bridgehead atoms. The van der Waals surface area contributed by atoms with Crippen LogP contribution < -0.4 is 10.5 Å². The molecule has 1 fully saturated rings. The monoisotopic (exact) mass is 205 g/mol. The van der Waals surface area contributed by atoms with Crippen LogP contribution in [-0.4, -0.2) is 13.2 Å². The number of hydrogen-bond donors (Lipinski definition) is 1. The van der Waals surface area contributed by atoms with Crippen LogP contribution in [0.2, 0.25) is 0 Å². The summed E-state index contributed by atoms with van der Waals surface area (Å²) in [6.45, 7) is 4.16. The van der Waals surface area contributed by atoms with Gasteiger partial charge in [-0.15, -0.1) is 0 Å². The maximum Gasteiger partial charge on any atom is 0.122 e. The second-order valence-corrected chi connectivity index (χ2v) is 4.63. The first-order chi connectivity index (χ1) is 7.10. The lowest BCUT2D eigenvalue weighted by atomic mass is 9.89. The molecule has 2 nitrogen and oxygen atoms in total. The summed E-state index contributed by atoms with van der Waals surface area (Å²) in [5, 5.41) is 0. The van der Waals surface area contributed by atoms with Gasteiger partial charge < -0.3 is 10.5 Å². The van der Waals surface area contributed by atoms with Gasteiger partial charge in [-0.3, -0.25) is 0 Å². The van der Waals surface area contributed by atoms with Gasteiger partial charge in [-0.1, -0.05) is 12.1 Å². The highest BCUT2D eigenvalue weighted by Gasteiger charge is 2.47. The second-order valence-electron chi connectivity index (χ2n) is 4.63. The van der Waals surface area contributed by atoms with Crippen molar-refractivity contribution in [2.45, 2.75) is 38.1 Å². The molecule has 1 aromatic carbocycles. The van der Waals surface area contributed by atoms with E-state index in [1.54, 1.807) is 7.11 Å². The molecular formula is C13H19NO. The van der Waals surface area contributed by atoms with Crippen LogP contribution in [0.15, 0.2) is 18.2 Å². The molecule has 0 amide bonds. The van der Waals surface area contributed by atoms with Gasteiger partial charge >= 0.3 is 0 Å². The largest absolute Gasteiger partial charge is 0.496 e. The van der Waals surface area contributed by atoms with Gasteiger partial charge in [-0.05, 0) is 43.9 Å². The zero-order valence-corrected chi connectivity index (χ0v) is 9.71. The van der Waals surface area contributed by atoms with Crippen LogP contribution in [0, 0.1) is 6.92 Å². The van der Waals surface area contributed by atoms with Gasteiger partial charge in [0.1, 0.15) is 5.75 Å². The third-order valence-electron chi connectivity index (χ3n) is 3.64. The van der Waals surface area contributed by atoms with Crippen molar-refractivity contribution < 1.29 is 4.74 Å². The molecule has 0 aromatic heterocycles. The van der Waals surface area contributed by atoms with Crippen LogP contribution in [0.25, 0.3) is 0 Å². The molecule has 1 saturated carbocycles. The lowest BCUT2D eigenvalue weighted by molar-refractivity contribution is 0.409. The van der Waals surface area contributed by atoms with Crippen LogP contribution in [-0.2, 0) is 5.41 Å². The van der Waals surface area contributed by atoms with Crippen molar-refractivity contribution in [3.05, 3.63) is 29.3 Å². The Morgan fingerprint density at radius 3 is 2.53 bits per heavy atom. The van der Waals surface area contributed by atoms with Crippen molar-refractivity contribution in [1.29, 1.82) is 0 Å². The molecule has 0 aliphatic heterocycles. The van der Waals surface area contributed by atoms with Crippen molar-refractivity contribution in [2.75, 3.05) is 7.11 Å². The number of nitrogens with two attached hydrogens (primary N) is 1. The number of methoxy groups -OCH3 is 1. The predicted molar refractivity (Wildman–Crippen MR) is 62.3 cm³/mol. The Morgan fingerprint density at radius 1 is 1.40 bits per heavy atom. The Bertz CT molecular complexity index is 367. The maximum absolute atomic E-state index is 6.05. The second kappa shape index (κ2) is 3.53. The number of aryl methyl sites for hydroxylation is 1. The number of rotatable bonds is 3. The summed E-state index contributed by atoms with van der Waals surface area (Å²) in [4.78, 5) is 0. The third-order valence-corrected chi connectivity index (χ3v) is 3.64. The highest BCUT2D eigenvalue weighted by molar-refractivity contribution is 5.43. The fraction of sp³-hybridized carbons (Fsp3) is 0.538. The molecule has 0 heterocycles. The minimum absolute atomic E-state index is 0.223. The first-order valence-electron chi connectivity index (χ1n) is 5.51. The summed E-state index contributed by atoms with van der Waals surface area (Å²) >= 11 is 0. The van der Waals surface area contributed by atoms with Crippen molar-refractivity contribution >= 4 is 0 Å². The smallest absolute Gasteiger partial charge is 0.122 e. The minimum atomic E-state index is 0.223. The van der Waals surface area contributed by atoms with Gasteiger partial charge in [-0.2, -0.15) is 0 Å². The molecule has 2 heteroatoms. The molecule has 0 saturated heterocycles. The maximum atomic E-state index is 6.05. The van der Waals surface area contributed by atoms with Crippen LogP contribution >= 0.6 is 0 Å². The summed E-state index contributed by atoms with van der Waals surface area (Å²) in [5.74, 6) is 0.972. The zero-order valence-electron chi connectivity index (χ0n) is 9.71. The molecule has 1 aliphatic rings. The standard InChI is InChI=1S/C13H19NO/c1-9-4-5-11(8-12(9)15-3)13(6-7-13)10(2)14/h4-5,8,10H,6-7,14H2,1-3H3. The SMILES string of the molecule is COc1cc(C2(C(C)N)CC2)ccc1C. The number of hydrogen-bond acceptors (Lipinski definition) is 2. The first kappa shape index (κ1) is 10.5. The Hall–Kier alpha value is -1.02. The van der Waals surface area contributed by atoms with E-state index in [9.17, 15) is 0 Å². The molecular weight excluding hydrogens is 186 g/mol. The fourth-order valence-corrected chi connectivity index (χ4v) is 2.27. The van der Waals surface area contributed by atoms with Crippen LogP contribution in [0.4, 0.5) is 0 Å². The normalized spacial score (nSPS) is 19.7. The third kappa shape index (κ3) is 1.63. The predicted octanol–water partition coefficient (Wildman–Crippen LogP) is 2.38. The van der Waals surface area contributed by atoms with E-state index in [0.29, 0.717) is 0 Å². The van der Waals surface area contributed by atoms with Crippen LogP contribution in [0.1, 0.15) is 30.9 Å². The van der Waals surface area contributed by atoms with Crippen molar-refractivity contribution in [2.24, 2.45) is 5.73 Å². The molecule has 1 atom stereocenters. The summed E-state index contributed by atoms with van der Waals surface area (Å²) in [7, 11) is 1.72. The van der Waals surface area contributed by atoms with E-state index < -0.39 is 0 Å². The van der Waals surface area contributed by atoms with Gasteiger partial charge in [0, 0.05) is 11.5 Å². The fourth-order valence-electron chi connectivity index (χ4n) is 2.27. The van der Waals surface area contributed by atoms with E-state index in [-0.39, 0.29) is 11.5 Å². The average Bonchev–Trinajstić information content (AvgIpc) is 2.99. The Morgan fingerprint density at radius 2 is 2.07 bits per heavy atom. The van der Waals surface area contributed by atoms with Gasteiger partial charge in [0.05, 0.1) is 7.11 Å². The van der Waals surface area contributed by atoms with Gasteiger partial charge in [0.25, 0.3) is 0 Å². The summed E-state index contributed by atoms with van der Waals surface area (Å²) < 4.78 is 5.35. The number of ether oxygens (including phenoxy) is 1. The molecule has 2 N–H and O–H groups in total. The molecule has 82 valence electrons. The van der Waals surface area contributed by atoms with E-state index in [1.807, 2.05) is 0 Å². The van der Waals surface area contributed by atoms with E-state index in [1.165, 1.54) is 24.0 Å². The Labute approximate surface area is 91.4 Å². The van der Waals surface area contributed by atoms with E-state index in [0.717, 1.165) is 5.75 Å². The molecule has 1 unspecified atom stereocenters. The zero-order chi connectivity index (χ0) is 11.1. The van der Waals surface area contributed by atoms with Gasteiger partial charge in [0.2, 0.25) is 0 Å². The molecule has 0 radical (unpaired) electrons. The first-order valence-corrected chi connectivity index (χ1v) is 5.51. The van der Waals surface area contributed by atoms with Crippen molar-refractivity contribution in [3.8, 4) is 5.75 Å². The van der Waals surface area contributed by atoms with E-state index in [2.05, 4.69) is 32.0 Å². The Kier molecular flexibility index (Phi) is 2.47.